The van der Waals surface area contributed by atoms with Crippen LogP contribution in [0.1, 0.15) is 13.8 Å². The lowest BCUT2D eigenvalue weighted by Crippen LogP contribution is -2.38. The van der Waals surface area contributed by atoms with E-state index in [0.717, 1.165) is 11.1 Å². The molecule has 5 nitrogen and oxygen atoms in total. The Bertz CT molecular complexity index is 740. The zero-order valence-electron chi connectivity index (χ0n) is 13.6. The normalized spacial score (nSPS) is 11.2. The first-order chi connectivity index (χ1) is 11.5. The Morgan fingerprint density at radius 3 is 2.33 bits per heavy atom. The van der Waals surface area contributed by atoms with Crippen LogP contribution in [0.15, 0.2) is 66.7 Å². The second kappa shape index (κ2) is 7.97. The minimum absolute atomic E-state index is 0.256. The number of rotatable bonds is 5. The van der Waals surface area contributed by atoms with Crippen molar-refractivity contribution in [1.29, 1.82) is 0 Å². The molecule has 0 fully saturated rings. The van der Waals surface area contributed by atoms with Gasteiger partial charge in [0.1, 0.15) is 5.75 Å². The van der Waals surface area contributed by atoms with E-state index in [4.69, 9.17) is 9.47 Å². The summed E-state index contributed by atoms with van der Waals surface area (Å²) in [5.41, 5.74) is 1.98. The van der Waals surface area contributed by atoms with Crippen molar-refractivity contribution < 1.29 is 19.1 Å². The number of nitrogens with one attached hydrogen (secondary N) is 1. The van der Waals surface area contributed by atoms with Crippen LogP contribution in [0.3, 0.4) is 0 Å². The summed E-state index contributed by atoms with van der Waals surface area (Å²) < 4.78 is 10.3. The molecule has 0 bridgehead atoms. The number of carbonyl (C=O) groups is 2. The van der Waals surface area contributed by atoms with Gasteiger partial charge in [0, 0.05) is 11.1 Å². The Balaban J connectivity index is 2.05. The van der Waals surface area contributed by atoms with E-state index < -0.39 is 18.3 Å². The molecule has 0 aliphatic heterocycles. The number of hydrogen-bond donors (Lipinski definition) is 1. The fourth-order valence-electron chi connectivity index (χ4n) is 2.00. The summed E-state index contributed by atoms with van der Waals surface area (Å²) in [4.78, 5) is 23.4. The van der Waals surface area contributed by atoms with Gasteiger partial charge < -0.3 is 9.47 Å². The largest absolute Gasteiger partial charge is 0.439 e. The quantitative estimate of drug-likeness (QED) is 0.514. The molecule has 0 heterocycles. The highest BCUT2D eigenvalue weighted by molar-refractivity contribution is 5.87. The van der Waals surface area contributed by atoms with Gasteiger partial charge in [0.2, 0.25) is 0 Å². The van der Waals surface area contributed by atoms with Crippen LogP contribution in [-0.2, 0) is 9.53 Å². The summed E-state index contributed by atoms with van der Waals surface area (Å²) in [5, 5.41) is 2.45. The predicted octanol–water partition coefficient (Wildman–Crippen LogP) is 3.91. The number of ether oxygens (including phenoxy) is 2. The molecular formula is C19H19NO4. The molecule has 5 heteroatoms. The molecule has 0 saturated heterocycles. The topological polar surface area (TPSA) is 64.6 Å². The van der Waals surface area contributed by atoms with Gasteiger partial charge in [-0.3, -0.25) is 5.32 Å². The second-order valence-corrected chi connectivity index (χ2v) is 5.22. The fraction of sp³-hybridized carbons (Fsp3) is 0.158. The number of esters is 1. The SMILES string of the molecule is C=C(C)C(=O)OC(C)NC(=O)Oc1ccccc1-c1ccccc1. The van der Waals surface area contributed by atoms with E-state index in [2.05, 4.69) is 11.9 Å². The van der Waals surface area contributed by atoms with Crippen LogP contribution >= 0.6 is 0 Å². The second-order valence-electron chi connectivity index (χ2n) is 5.22. The van der Waals surface area contributed by atoms with Crippen molar-refractivity contribution >= 4 is 12.1 Å². The Labute approximate surface area is 140 Å². The molecule has 1 atom stereocenters. The summed E-state index contributed by atoms with van der Waals surface area (Å²) in [5.74, 6) is -0.160. The van der Waals surface area contributed by atoms with Gasteiger partial charge >= 0.3 is 12.1 Å². The molecule has 0 spiro atoms. The van der Waals surface area contributed by atoms with Crippen LogP contribution in [0, 0.1) is 0 Å². The molecule has 1 unspecified atom stereocenters. The maximum absolute atomic E-state index is 12.0. The maximum Gasteiger partial charge on any atom is 0.415 e. The molecule has 2 aromatic carbocycles. The molecule has 2 rings (SSSR count). The Kier molecular flexibility index (Phi) is 5.73. The molecule has 24 heavy (non-hydrogen) atoms. The monoisotopic (exact) mass is 325 g/mol. The first-order valence-electron chi connectivity index (χ1n) is 7.46. The Morgan fingerprint density at radius 1 is 1.04 bits per heavy atom. The number of carbonyl (C=O) groups excluding carboxylic acids is 2. The van der Waals surface area contributed by atoms with Crippen molar-refractivity contribution in [3.05, 3.63) is 66.7 Å². The molecule has 1 amide bonds. The van der Waals surface area contributed by atoms with E-state index in [1.54, 1.807) is 12.1 Å². The van der Waals surface area contributed by atoms with E-state index in [-0.39, 0.29) is 5.57 Å². The number of benzene rings is 2. The Morgan fingerprint density at radius 2 is 1.67 bits per heavy atom. The summed E-state index contributed by atoms with van der Waals surface area (Å²) in [7, 11) is 0. The minimum Gasteiger partial charge on any atom is -0.439 e. The summed E-state index contributed by atoms with van der Waals surface area (Å²) in [6.45, 7) is 6.55. The molecule has 0 aliphatic carbocycles. The molecule has 0 aromatic heterocycles. The summed E-state index contributed by atoms with van der Waals surface area (Å²) in [6, 6.07) is 16.8. The van der Waals surface area contributed by atoms with Gasteiger partial charge in [-0.1, -0.05) is 55.1 Å². The number of hydrogen-bond acceptors (Lipinski definition) is 4. The van der Waals surface area contributed by atoms with Crippen molar-refractivity contribution in [1.82, 2.24) is 5.32 Å². The van der Waals surface area contributed by atoms with Crippen LogP contribution in [0.4, 0.5) is 4.79 Å². The molecule has 0 aliphatic rings. The van der Waals surface area contributed by atoms with Crippen molar-refractivity contribution in [2.24, 2.45) is 0 Å². The van der Waals surface area contributed by atoms with E-state index in [9.17, 15) is 9.59 Å². The van der Waals surface area contributed by atoms with E-state index in [1.807, 2.05) is 42.5 Å². The zero-order valence-corrected chi connectivity index (χ0v) is 13.6. The maximum atomic E-state index is 12.0. The molecule has 0 saturated carbocycles. The van der Waals surface area contributed by atoms with Crippen LogP contribution in [0.2, 0.25) is 0 Å². The lowest BCUT2D eigenvalue weighted by molar-refractivity contribution is -0.144. The summed E-state index contributed by atoms with van der Waals surface area (Å²) in [6.07, 6.45) is -1.54. The third-order valence-corrected chi connectivity index (χ3v) is 3.13. The predicted molar refractivity (Wildman–Crippen MR) is 91.4 cm³/mol. The van der Waals surface area contributed by atoms with Gasteiger partial charge in [0.15, 0.2) is 6.23 Å². The van der Waals surface area contributed by atoms with Gasteiger partial charge in [0.05, 0.1) is 0 Å². The highest BCUT2D eigenvalue weighted by Gasteiger charge is 2.15. The highest BCUT2D eigenvalue weighted by atomic mass is 16.6. The minimum atomic E-state index is -0.828. The molecule has 1 N–H and O–H groups in total. The first-order valence-corrected chi connectivity index (χ1v) is 7.46. The number of amides is 1. The van der Waals surface area contributed by atoms with Gasteiger partial charge in [-0.05, 0) is 25.5 Å². The van der Waals surface area contributed by atoms with E-state index in [1.165, 1.54) is 13.8 Å². The molecule has 124 valence electrons. The number of para-hydroxylation sites is 1. The van der Waals surface area contributed by atoms with Crippen LogP contribution in [0.5, 0.6) is 5.75 Å². The summed E-state index contributed by atoms with van der Waals surface area (Å²) >= 11 is 0. The van der Waals surface area contributed by atoms with Crippen molar-refractivity contribution in [3.63, 3.8) is 0 Å². The lowest BCUT2D eigenvalue weighted by Gasteiger charge is -2.16. The average molecular weight is 325 g/mol. The van der Waals surface area contributed by atoms with Crippen LogP contribution in [-0.4, -0.2) is 18.3 Å². The van der Waals surface area contributed by atoms with Crippen molar-refractivity contribution in [2.75, 3.05) is 0 Å². The average Bonchev–Trinajstić information content (AvgIpc) is 2.55. The molecule has 2 aromatic rings. The third-order valence-electron chi connectivity index (χ3n) is 3.13. The van der Waals surface area contributed by atoms with Gasteiger partial charge in [-0.2, -0.15) is 0 Å². The smallest absolute Gasteiger partial charge is 0.415 e. The Hall–Kier alpha value is -3.08. The highest BCUT2D eigenvalue weighted by Crippen LogP contribution is 2.29. The zero-order chi connectivity index (χ0) is 17.5. The van der Waals surface area contributed by atoms with Gasteiger partial charge in [-0.15, -0.1) is 0 Å². The van der Waals surface area contributed by atoms with E-state index >= 15 is 0 Å². The van der Waals surface area contributed by atoms with E-state index in [0.29, 0.717) is 5.75 Å². The van der Waals surface area contributed by atoms with Crippen LogP contribution in [0.25, 0.3) is 11.1 Å². The van der Waals surface area contributed by atoms with Gasteiger partial charge in [-0.25, -0.2) is 9.59 Å². The standard InChI is InChI=1S/C19H19NO4/c1-13(2)18(21)23-14(3)20-19(22)24-17-12-8-7-11-16(17)15-9-5-4-6-10-15/h4-12,14H,1H2,2-3H3,(H,20,22). The van der Waals surface area contributed by atoms with Crippen LogP contribution < -0.4 is 10.1 Å². The molecule has 0 radical (unpaired) electrons. The molecular weight excluding hydrogens is 306 g/mol. The van der Waals surface area contributed by atoms with Crippen molar-refractivity contribution in [3.8, 4) is 16.9 Å². The van der Waals surface area contributed by atoms with Gasteiger partial charge in [0.25, 0.3) is 0 Å². The fourth-order valence-corrected chi connectivity index (χ4v) is 2.00. The lowest BCUT2D eigenvalue weighted by atomic mass is 10.1. The first kappa shape index (κ1) is 17.3. The van der Waals surface area contributed by atoms with Crippen molar-refractivity contribution in [2.45, 2.75) is 20.1 Å². The third kappa shape index (κ3) is 4.71.